The van der Waals surface area contributed by atoms with Crippen LogP contribution in [0.5, 0.6) is 0 Å². The van der Waals surface area contributed by atoms with Crippen LogP contribution in [-0.2, 0) is 0 Å². The largest absolute Gasteiger partial charge is 0.471 e. The van der Waals surface area contributed by atoms with Gasteiger partial charge < -0.3 is 4.42 Å². The Morgan fingerprint density at radius 2 is 2.08 bits per heavy atom. The predicted molar refractivity (Wildman–Crippen MR) is 48.0 cm³/mol. The summed E-state index contributed by atoms with van der Waals surface area (Å²) in [6, 6.07) is 10.5. The van der Waals surface area contributed by atoms with Gasteiger partial charge in [-0.1, -0.05) is 29.8 Å². The number of halogens is 1. The van der Waals surface area contributed by atoms with E-state index in [1.54, 1.807) is 6.26 Å². The lowest BCUT2D eigenvalue weighted by Gasteiger charge is -1.97. The molecule has 0 unspecified atom stereocenters. The highest BCUT2D eigenvalue weighted by molar-refractivity contribution is 6.33. The Morgan fingerprint density at radius 3 is 2.75 bits per heavy atom. The van der Waals surface area contributed by atoms with Crippen molar-refractivity contribution in [1.82, 2.24) is 0 Å². The first-order chi connectivity index (χ1) is 5.88. The van der Waals surface area contributed by atoms with Crippen molar-refractivity contribution >= 4 is 11.6 Å². The summed E-state index contributed by atoms with van der Waals surface area (Å²) in [6.45, 7) is 0. The zero-order valence-electron chi connectivity index (χ0n) is 6.25. The highest BCUT2D eigenvalue weighted by Gasteiger charge is 2.02. The standard InChI is InChI=1S/C10H6ClO/c11-10-4-2-1-3-9(10)8-5-6-12-7-8/h1-4,6-7H. The molecule has 0 aliphatic rings. The second-order valence-corrected chi connectivity index (χ2v) is 2.82. The molecule has 0 bridgehead atoms. The number of hydrogen-bond donors (Lipinski definition) is 0. The molecule has 0 saturated carbocycles. The Balaban J connectivity index is 2.55. The molecule has 2 aromatic rings. The monoisotopic (exact) mass is 177 g/mol. The number of benzene rings is 1. The summed E-state index contributed by atoms with van der Waals surface area (Å²) in [5.41, 5.74) is 1.84. The SMILES string of the molecule is Clc1ccccc1-c1[c]coc1. The Morgan fingerprint density at radius 1 is 1.25 bits per heavy atom. The van der Waals surface area contributed by atoms with Crippen LogP contribution in [0.2, 0.25) is 5.02 Å². The first-order valence-electron chi connectivity index (χ1n) is 3.57. The second-order valence-electron chi connectivity index (χ2n) is 2.41. The van der Waals surface area contributed by atoms with E-state index in [-0.39, 0.29) is 0 Å². The molecular formula is C10H6ClO. The second kappa shape index (κ2) is 3.03. The third-order valence-corrected chi connectivity index (χ3v) is 1.96. The molecule has 59 valence electrons. The van der Waals surface area contributed by atoms with Crippen LogP contribution in [0.25, 0.3) is 11.1 Å². The normalized spacial score (nSPS) is 10.1. The molecule has 0 fully saturated rings. The minimum absolute atomic E-state index is 0.718. The van der Waals surface area contributed by atoms with E-state index >= 15 is 0 Å². The molecule has 0 amide bonds. The zero-order valence-corrected chi connectivity index (χ0v) is 7.01. The molecule has 1 radical (unpaired) electrons. The van der Waals surface area contributed by atoms with E-state index in [0.717, 1.165) is 16.1 Å². The van der Waals surface area contributed by atoms with Gasteiger partial charge in [-0.15, -0.1) is 0 Å². The lowest BCUT2D eigenvalue weighted by atomic mass is 10.1. The molecule has 1 aromatic heterocycles. The van der Waals surface area contributed by atoms with E-state index in [0.29, 0.717) is 0 Å². The molecule has 1 heterocycles. The van der Waals surface area contributed by atoms with Gasteiger partial charge >= 0.3 is 0 Å². The Kier molecular flexibility index (Phi) is 1.88. The number of rotatable bonds is 1. The van der Waals surface area contributed by atoms with Crippen LogP contribution in [0.4, 0.5) is 0 Å². The quantitative estimate of drug-likeness (QED) is 0.651. The summed E-state index contributed by atoms with van der Waals surface area (Å²) in [5.74, 6) is 0. The van der Waals surface area contributed by atoms with Crippen LogP contribution in [0.15, 0.2) is 41.2 Å². The molecule has 0 atom stereocenters. The molecule has 0 N–H and O–H groups in total. The van der Waals surface area contributed by atoms with Crippen LogP contribution in [0.1, 0.15) is 0 Å². The molecule has 0 aliphatic heterocycles. The fraction of sp³-hybridized carbons (Fsp3) is 0. The lowest BCUT2D eigenvalue weighted by molar-refractivity contribution is 0.567. The Hall–Kier alpha value is -1.21. The fourth-order valence-corrected chi connectivity index (χ4v) is 1.29. The minimum atomic E-state index is 0.718. The van der Waals surface area contributed by atoms with Crippen molar-refractivity contribution in [1.29, 1.82) is 0 Å². The number of furan rings is 1. The molecule has 0 saturated heterocycles. The van der Waals surface area contributed by atoms with Gasteiger partial charge in [0.1, 0.15) is 0 Å². The highest BCUT2D eigenvalue weighted by Crippen LogP contribution is 2.26. The summed E-state index contributed by atoms with van der Waals surface area (Å²) in [5, 5.41) is 0.718. The highest BCUT2D eigenvalue weighted by atomic mass is 35.5. The van der Waals surface area contributed by atoms with Gasteiger partial charge in [0.2, 0.25) is 0 Å². The summed E-state index contributed by atoms with van der Waals surface area (Å²) in [4.78, 5) is 0. The Bertz CT molecular complexity index is 365. The maximum absolute atomic E-state index is 5.95. The van der Waals surface area contributed by atoms with Crippen molar-refractivity contribution in [3.05, 3.63) is 47.9 Å². The molecule has 12 heavy (non-hydrogen) atoms. The van der Waals surface area contributed by atoms with Crippen molar-refractivity contribution in [2.75, 3.05) is 0 Å². The Labute approximate surface area is 75.6 Å². The van der Waals surface area contributed by atoms with Gasteiger partial charge in [0.25, 0.3) is 0 Å². The van der Waals surface area contributed by atoms with Crippen LogP contribution < -0.4 is 0 Å². The fourth-order valence-electron chi connectivity index (χ4n) is 1.05. The summed E-state index contributed by atoms with van der Waals surface area (Å²) >= 11 is 5.95. The van der Waals surface area contributed by atoms with Gasteiger partial charge in [0.05, 0.1) is 12.5 Å². The lowest BCUT2D eigenvalue weighted by Crippen LogP contribution is -1.73. The first kappa shape index (κ1) is 7.44. The van der Waals surface area contributed by atoms with Crippen molar-refractivity contribution in [2.45, 2.75) is 0 Å². The topological polar surface area (TPSA) is 13.1 Å². The molecule has 2 heteroatoms. The van der Waals surface area contributed by atoms with Crippen LogP contribution in [-0.4, -0.2) is 0 Å². The van der Waals surface area contributed by atoms with E-state index in [1.807, 2.05) is 24.3 Å². The predicted octanol–water partition coefficient (Wildman–Crippen LogP) is 3.40. The third-order valence-electron chi connectivity index (χ3n) is 1.63. The van der Waals surface area contributed by atoms with E-state index in [9.17, 15) is 0 Å². The smallest absolute Gasteiger partial charge is 0.0988 e. The van der Waals surface area contributed by atoms with Crippen molar-refractivity contribution in [3.8, 4) is 11.1 Å². The molecule has 0 aliphatic carbocycles. The summed E-state index contributed by atoms with van der Waals surface area (Å²) in [7, 11) is 0. The minimum Gasteiger partial charge on any atom is -0.471 e. The van der Waals surface area contributed by atoms with Crippen molar-refractivity contribution in [3.63, 3.8) is 0 Å². The third kappa shape index (κ3) is 1.23. The summed E-state index contributed by atoms with van der Waals surface area (Å²) < 4.78 is 4.91. The van der Waals surface area contributed by atoms with Crippen LogP contribution in [0, 0.1) is 6.07 Å². The van der Waals surface area contributed by atoms with E-state index in [4.69, 9.17) is 16.0 Å². The molecule has 0 spiro atoms. The van der Waals surface area contributed by atoms with E-state index in [1.165, 1.54) is 6.26 Å². The average molecular weight is 178 g/mol. The van der Waals surface area contributed by atoms with Crippen molar-refractivity contribution < 1.29 is 4.42 Å². The van der Waals surface area contributed by atoms with E-state index < -0.39 is 0 Å². The van der Waals surface area contributed by atoms with Gasteiger partial charge in [-0.05, 0) is 6.07 Å². The molecular weight excluding hydrogens is 172 g/mol. The first-order valence-corrected chi connectivity index (χ1v) is 3.94. The van der Waals surface area contributed by atoms with Crippen LogP contribution in [0.3, 0.4) is 0 Å². The zero-order chi connectivity index (χ0) is 8.39. The van der Waals surface area contributed by atoms with E-state index in [2.05, 4.69) is 6.07 Å². The number of hydrogen-bond acceptors (Lipinski definition) is 1. The van der Waals surface area contributed by atoms with Gasteiger partial charge in [0, 0.05) is 22.2 Å². The molecule has 2 rings (SSSR count). The van der Waals surface area contributed by atoms with Gasteiger partial charge in [-0.25, -0.2) is 0 Å². The maximum atomic E-state index is 5.95. The van der Waals surface area contributed by atoms with Gasteiger partial charge in [-0.3, -0.25) is 0 Å². The van der Waals surface area contributed by atoms with Gasteiger partial charge in [-0.2, -0.15) is 0 Å². The van der Waals surface area contributed by atoms with Crippen LogP contribution >= 0.6 is 11.6 Å². The average Bonchev–Trinajstić information content (AvgIpc) is 2.57. The molecule has 1 nitrogen and oxygen atoms in total. The maximum Gasteiger partial charge on any atom is 0.0988 e. The van der Waals surface area contributed by atoms with Crippen molar-refractivity contribution in [2.24, 2.45) is 0 Å². The van der Waals surface area contributed by atoms with Gasteiger partial charge in [0.15, 0.2) is 0 Å². The summed E-state index contributed by atoms with van der Waals surface area (Å²) in [6.07, 6.45) is 3.14. The molecule has 1 aromatic carbocycles.